The van der Waals surface area contributed by atoms with Gasteiger partial charge in [0.25, 0.3) is 0 Å². The number of aromatic nitrogens is 1. The number of nitrogens with zero attached hydrogens (tertiary/aromatic N) is 1. The lowest BCUT2D eigenvalue weighted by Gasteiger charge is -2.11. The summed E-state index contributed by atoms with van der Waals surface area (Å²) in [7, 11) is 0. The molecule has 0 fully saturated rings. The van der Waals surface area contributed by atoms with Crippen LogP contribution in [0.4, 0.5) is 10.6 Å². The Balaban J connectivity index is 2.37. The van der Waals surface area contributed by atoms with Gasteiger partial charge in [-0.05, 0) is 33.5 Å². The van der Waals surface area contributed by atoms with Gasteiger partial charge in [-0.1, -0.05) is 39.0 Å². The van der Waals surface area contributed by atoms with Gasteiger partial charge in [0.05, 0.1) is 0 Å². The highest BCUT2D eigenvalue weighted by molar-refractivity contribution is 9.10. The van der Waals surface area contributed by atoms with Crippen LogP contribution < -0.4 is 5.32 Å². The number of hydrogen-bond donors (Lipinski definition) is 1. The van der Waals surface area contributed by atoms with Gasteiger partial charge in [0.1, 0.15) is 17.0 Å². The zero-order chi connectivity index (χ0) is 13.6. The second kappa shape index (κ2) is 6.54. The third-order valence-electron chi connectivity index (χ3n) is 1.87. The van der Waals surface area contributed by atoms with E-state index in [1.807, 2.05) is 12.2 Å². The zero-order valence-corrected chi connectivity index (χ0v) is 12.3. The van der Waals surface area contributed by atoms with Crippen molar-refractivity contribution >= 4 is 27.8 Å². The first kappa shape index (κ1) is 14.7. The van der Waals surface area contributed by atoms with E-state index in [2.05, 4.69) is 47.0 Å². The smallest absolute Gasteiger partial charge is 0.413 e. The van der Waals surface area contributed by atoms with E-state index in [-0.39, 0.29) is 12.0 Å². The van der Waals surface area contributed by atoms with Crippen LogP contribution in [0.1, 0.15) is 20.8 Å². The minimum Gasteiger partial charge on any atom is -0.445 e. The number of amides is 1. The lowest BCUT2D eigenvalue weighted by Crippen LogP contribution is -2.14. The molecule has 0 aromatic carbocycles. The standard InChI is InChI=1S/C13H17BrN2O2/c1-13(2,3)8-5-9-18-12(17)16-11-7-4-6-10(14)15-11/h4-8H,9H2,1-3H3,(H,15,16,17). The maximum Gasteiger partial charge on any atom is 0.413 e. The van der Waals surface area contributed by atoms with Crippen molar-refractivity contribution in [2.75, 3.05) is 11.9 Å². The monoisotopic (exact) mass is 312 g/mol. The second-order valence-electron chi connectivity index (χ2n) is 4.84. The van der Waals surface area contributed by atoms with Crippen molar-refractivity contribution in [3.8, 4) is 0 Å². The van der Waals surface area contributed by atoms with E-state index in [0.29, 0.717) is 10.4 Å². The van der Waals surface area contributed by atoms with Crippen LogP contribution in [-0.2, 0) is 4.74 Å². The molecule has 1 heterocycles. The third-order valence-corrected chi connectivity index (χ3v) is 2.32. The molecule has 0 spiro atoms. The van der Waals surface area contributed by atoms with Crippen LogP contribution in [0.3, 0.4) is 0 Å². The Morgan fingerprint density at radius 2 is 2.22 bits per heavy atom. The van der Waals surface area contributed by atoms with Crippen molar-refractivity contribution in [1.29, 1.82) is 0 Å². The first-order valence-corrected chi connectivity index (χ1v) is 6.40. The number of nitrogens with one attached hydrogen (secondary N) is 1. The molecule has 0 saturated carbocycles. The summed E-state index contributed by atoms with van der Waals surface area (Å²) in [4.78, 5) is 15.5. The number of ether oxygens (including phenoxy) is 1. The van der Waals surface area contributed by atoms with Gasteiger partial charge in [-0.3, -0.25) is 5.32 Å². The van der Waals surface area contributed by atoms with Gasteiger partial charge in [-0.25, -0.2) is 9.78 Å². The molecule has 1 rings (SSSR count). The first-order valence-electron chi connectivity index (χ1n) is 5.61. The van der Waals surface area contributed by atoms with Gasteiger partial charge in [0, 0.05) is 0 Å². The number of hydrogen-bond acceptors (Lipinski definition) is 3. The van der Waals surface area contributed by atoms with Gasteiger partial charge in [-0.2, -0.15) is 0 Å². The summed E-state index contributed by atoms with van der Waals surface area (Å²) in [6, 6.07) is 5.26. The summed E-state index contributed by atoms with van der Waals surface area (Å²) in [5.74, 6) is 0.453. The zero-order valence-electron chi connectivity index (χ0n) is 10.7. The van der Waals surface area contributed by atoms with E-state index in [0.717, 1.165) is 0 Å². The maximum atomic E-state index is 11.4. The van der Waals surface area contributed by atoms with E-state index >= 15 is 0 Å². The fourth-order valence-electron chi connectivity index (χ4n) is 1.14. The SMILES string of the molecule is CC(C)(C)C=CCOC(=O)Nc1cccc(Br)n1. The molecular weight excluding hydrogens is 296 g/mol. The van der Waals surface area contributed by atoms with Crippen LogP contribution in [0.15, 0.2) is 35.0 Å². The number of allylic oxidation sites excluding steroid dienone is 1. The lowest BCUT2D eigenvalue weighted by molar-refractivity contribution is 0.173. The topological polar surface area (TPSA) is 51.2 Å². The molecule has 0 saturated heterocycles. The molecule has 1 aromatic rings. The normalized spacial score (nSPS) is 11.6. The molecule has 98 valence electrons. The Hall–Kier alpha value is -1.36. The van der Waals surface area contributed by atoms with Gasteiger partial charge >= 0.3 is 6.09 Å². The van der Waals surface area contributed by atoms with Crippen molar-refractivity contribution < 1.29 is 9.53 Å². The summed E-state index contributed by atoms with van der Waals surface area (Å²) >= 11 is 3.22. The average molecular weight is 313 g/mol. The van der Waals surface area contributed by atoms with E-state index < -0.39 is 6.09 Å². The summed E-state index contributed by atoms with van der Waals surface area (Å²) in [6.45, 7) is 6.48. The molecule has 0 unspecified atom stereocenters. The predicted molar refractivity (Wildman–Crippen MR) is 75.5 cm³/mol. The predicted octanol–water partition coefficient (Wildman–Crippen LogP) is 3.99. The lowest BCUT2D eigenvalue weighted by atomic mass is 9.96. The van der Waals surface area contributed by atoms with Crippen LogP contribution >= 0.6 is 15.9 Å². The molecule has 0 atom stereocenters. The van der Waals surface area contributed by atoms with E-state index in [4.69, 9.17) is 4.74 Å². The number of carbonyl (C=O) groups excluding carboxylic acids is 1. The van der Waals surface area contributed by atoms with Crippen molar-refractivity contribution in [2.45, 2.75) is 20.8 Å². The highest BCUT2D eigenvalue weighted by Crippen LogP contribution is 2.14. The molecule has 5 heteroatoms. The molecule has 1 amide bonds. The van der Waals surface area contributed by atoms with E-state index in [1.165, 1.54) is 0 Å². The van der Waals surface area contributed by atoms with Crippen molar-refractivity contribution in [1.82, 2.24) is 4.98 Å². The number of anilines is 1. The number of pyridine rings is 1. The molecule has 4 nitrogen and oxygen atoms in total. The Kier molecular flexibility index (Phi) is 5.34. The Bertz CT molecular complexity index is 439. The second-order valence-corrected chi connectivity index (χ2v) is 5.65. The summed E-state index contributed by atoms with van der Waals surface area (Å²) < 4.78 is 5.65. The van der Waals surface area contributed by atoms with E-state index in [9.17, 15) is 4.79 Å². The molecule has 0 aliphatic heterocycles. The van der Waals surface area contributed by atoms with Crippen LogP contribution in [0.2, 0.25) is 0 Å². The molecule has 0 aliphatic rings. The van der Waals surface area contributed by atoms with Crippen molar-refractivity contribution in [3.05, 3.63) is 35.0 Å². The van der Waals surface area contributed by atoms with Crippen molar-refractivity contribution in [3.63, 3.8) is 0 Å². The minimum absolute atomic E-state index is 0.0890. The molecule has 0 radical (unpaired) electrons. The average Bonchev–Trinajstić information content (AvgIpc) is 2.23. The highest BCUT2D eigenvalue weighted by atomic mass is 79.9. The number of halogens is 1. The van der Waals surface area contributed by atoms with Gasteiger partial charge in [-0.15, -0.1) is 0 Å². The molecule has 0 bridgehead atoms. The Labute approximate surface area is 116 Å². The minimum atomic E-state index is -0.515. The molecule has 1 N–H and O–H groups in total. The molecular formula is C13H17BrN2O2. The fraction of sp³-hybridized carbons (Fsp3) is 0.385. The maximum absolute atomic E-state index is 11.4. The largest absolute Gasteiger partial charge is 0.445 e. The Morgan fingerprint density at radius 1 is 1.50 bits per heavy atom. The molecule has 0 aliphatic carbocycles. The fourth-order valence-corrected chi connectivity index (χ4v) is 1.49. The van der Waals surface area contributed by atoms with Crippen molar-refractivity contribution in [2.24, 2.45) is 5.41 Å². The van der Waals surface area contributed by atoms with Gasteiger partial charge in [0.15, 0.2) is 0 Å². The van der Waals surface area contributed by atoms with Crippen LogP contribution in [-0.4, -0.2) is 17.7 Å². The van der Waals surface area contributed by atoms with Crippen LogP contribution in [0.5, 0.6) is 0 Å². The summed E-state index contributed by atoms with van der Waals surface area (Å²) in [5, 5.41) is 2.54. The van der Waals surface area contributed by atoms with E-state index in [1.54, 1.807) is 18.2 Å². The van der Waals surface area contributed by atoms with Gasteiger partial charge < -0.3 is 4.74 Å². The summed E-state index contributed by atoms with van der Waals surface area (Å²) in [5.41, 5.74) is 0.0890. The first-order chi connectivity index (χ1) is 8.37. The molecule has 18 heavy (non-hydrogen) atoms. The van der Waals surface area contributed by atoms with Crippen LogP contribution in [0, 0.1) is 5.41 Å². The third kappa shape index (κ3) is 6.39. The van der Waals surface area contributed by atoms with Crippen LogP contribution in [0.25, 0.3) is 0 Å². The highest BCUT2D eigenvalue weighted by Gasteiger charge is 2.05. The molecule has 1 aromatic heterocycles. The Morgan fingerprint density at radius 3 is 2.83 bits per heavy atom. The number of rotatable bonds is 3. The summed E-state index contributed by atoms with van der Waals surface area (Å²) in [6.07, 6.45) is 3.31. The van der Waals surface area contributed by atoms with Gasteiger partial charge in [0.2, 0.25) is 0 Å². The quantitative estimate of drug-likeness (QED) is 0.678. The number of carbonyl (C=O) groups is 1.